The zero-order chi connectivity index (χ0) is 22.1. The van der Waals surface area contributed by atoms with E-state index in [0.717, 1.165) is 0 Å². The number of ether oxygens (including phenoxy) is 3. The topological polar surface area (TPSA) is 77.1 Å². The third kappa shape index (κ3) is 5.31. The Bertz CT molecular complexity index is 880. The number of hydrogen-bond acceptors (Lipinski definition) is 5. The Labute approximate surface area is 177 Å². The van der Waals surface area contributed by atoms with Crippen LogP contribution < -0.4 is 19.5 Å². The zero-order valence-electron chi connectivity index (χ0n) is 18.0. The molecule has 0 unspecified atom stereocenters. The van der Waals surface area contributed by atoms with Crippen molar-refractivity contribution in [1.29, 1.82) is 0 Å². The highest BCUT2D eigenvalue weighted by molar-refractivity contribution is 6.05. The number of benzene rings is 2. The van der Waals surface area contributed by atoms with Crippen LogP contribution in [-0.4, -0.2) is 51.1 Å². The molecule has 0 saturated heterocycles. The molecule has 0 aliphatic rings. The quantitative estimate of drug-likeness (QED) is 0.639. The Hall–Kier alpha value is -3.48. The minimum absolute atomic E-state index is 0.154. The van der Waals surface area contributed by atoms with Gasteiger partial charge in [-0.15, -0.1) is 0 Å². The molecule has 0 saturated carbocycles. The first kappa shape index (κ1) is 22.8. The largest absolute Gasteiger partial charge is 0.493 e. The lowest BCUT2D eigenvalue weighted by atomic mass is 10.1. The Balaban J connectivity index is 2.51. The van der Waals surface area contributed by atoms with Crippen molar-refractivity contribution in [2.45, 2.75) is 13.8 Å². The monoisotopic (exact) mass is 412 g/mol. The average Bonchev–Trinajstić information content (AvgIpc) is 2.79. The average molecular weight is 412 g/mol. The maximum Gasteiger partial charge on any atom is 0.270 e. The fourth-order valence-electron chi connectivity index (χ4n) is 2.97. The molecule has 30 heavy (non-hydrogen) atoms. The molecule has 0 radical (unpaired) electrons. The number of rotatable bonds is 9. The number of likely N-dealkylation sites (N-methyl/N-ethyl adjacent to an activating group) is 1. The number of amides is 2. The van der Waals surface area contributed by atoms with E-state index in [0.29, 0.717) is 41.5 Å². The van der Waals surface area contributed by atoms with Crippen LogP contribution in [0.2, 0.25) is 0 Å². The Morgan fingerprint density at radius 3 is 1.97 bits per heavy atom. The second-order valence-corrected chi connectivity index (χ2v) is 6.31. The molecule has 0 heterocycles. The van der Waals surface area contributed by atoms with Gasteiger partial charge < -0.3 is 24.4 Å². The standard InChI is InChI=1S/C23H28N2O5/c1-6-25(7-2)23(27)18(24-22(26)17-11-9-8-10-12-17)13-16-14-19(28-3)21(30-5)20(15-16)29-4/h8-15H,6-7H2,1-5H3,(H,24,26)/b18-13-. The molecule has 1 N–H and O–H groups in total. The predicted molar refractivity (Wildman–Crippen MR) is 116 cm³/mol. The van der Waals surface area contributed by atoms with Crippen molar-refractivity contribution in [2.75, 3.05) is 34.4 Å². The van der Waals surface area contributed by atoms with E-state index in [-0.39, 0.29) is 17.5 Å². The second-order valence-electron chi connectivity index (χ2n) is 6.31. The van der Waals surface area contributed by atoms with Gasteiger partial charge in [-0.1, -0.05) is 18.2 Å². The maximum atomic E-state index is 13.1. The third-order valence-corrected chi connectivity index (χ3v) is 4.56. The summed E-state index contributed by atoms with van der Waals surface area (Å²) in [6.45, 7) is 4.81. The van der Waals surface area contributed by atoms with Crippen molar-refractivity contribution < 1.29 is 23.8 Å². The first-order valence-electron chi connectivity index (χ1n) is 9.66. The van der Waals surface area contributed by atoms with Gasteiger partial charge in [-0.2, -0.15) is 0 Å². The summed E-state index contributed by atoms with van der Waals surface area (Å²) in [5.74, 6) is 0.703. The zero-order valence-corrected chi connectivity index (χ0v) is 18.0. The van der Waals surface area contributed by atoms with Gasteiger partial charge in [-0.05, 0) is 49.8 Å². The van der Waals surface area contributed by atoms with Crippen molar-refractivity contribution in [2.24, 2.45) is 0 Å². The molecule has 0 aliphatic carbocycles. The van der Waals surface area contributed by atoms with E-state index >= 15 is 0 Å². The molecule has 7 heteroatoms. The van der Waals surface area contributed by atoms with Crippen LogP contribution in [0.3, 0.4) is 0 Å². The van der Waals surface area contributed by atoms with E-state index in [2.05, 4.69) is 5.32 Å². The number of hydrogen-bond donors (Lipinski definition) is 1. The molecule has 0 bridgehead atoms. The smallest absolute Gasteiger partial charge is 0.270 e. The van der Waals surface area contributed by atoms with Gasteiger partial charge in [0.15, 0.2) is 11.5 Å². The van der Waals surface area contributed by atoms with Crippen molar-refractivity contribution in [3.05, 3.63) is 59.3 Å². The van der Waals surface area contributed by atoms with Gasteiger partial charge >= 0.3 is 0 Å². The van der Waals surface area contributed by atoms with E-state index in [1.54, 1.807) is 47.4 Å². The SMILES string of the molecule is CCN(CC)C(=O)/C(=C/c1cc(OC)c(OC)c(OC)c1)NC(=O)c1ccccc1. The molecule has 2 rings (SSSR count). The van der Waals surface area contributed by atoms with Crippen LogP contribution in [-0.2, 0) is 4.79 Å². The van der Waals surface area contributed by atoms with E-state index in [1.807, 2.05) is 19.9 Å². The van der Waals surface area contributed by atoms with Crippen LogP contribution in [0.1, 0.15) is 29.8 Å². The molecule has 7 nitrogen and oxygen atoms in total. The molecule has 0 aliphatic heterocycles. The van der Waals surface area contributed by atoms with Gasteiger partial charge in [-0.3, -0.25) is 9.59 Å². The fraction of sp³-hybridized carbons (Fsp3) is 0.304. The maximum absolute atomic E-state index is 13.1. The highest BCUT2D eigenvalue weighted by Gasteiger charge is 2.20. The third-order valence-electron chi connectivity index (χ3n) is 4.56. The van der Waals surface area contributed by atoms with Gasteiger partial charge in [0.25, 0.3) is 11.8 Å². The lowest BCUT2D eigenvalue weighted by Crippen LogP contribution is -2.38. The predicted octanol–water partition coefficient (Wildman–Crippen LogP) is 3.35. The minimum Gasteiger partial charge on any atom is -0.493 e. The summed E-state index contributed by atoms with van der Waals surface area (Å²) in [7, 11) is 4.55. The molecule has 2 aromatic carbocycles. The molecule has 0 fully saturated rings. The van der Waals surface area contributed by atoms with Crippen molar-refractivity contribution in [1.82, 2.24) is 10.2 Å². The normalized spacial score (nSPS) is 10.9. The highest BCUT2D eigenvalue weighted by atomic mass is 16.5. The number of carbonyl (C=O) groups excluding carboxylic acids is 2. The summed E-state index contributed by atoms with van der Waals surface area (Å²) >= 11 is 0. The molecule has 2 aromatic rings. The van der Waals surface area contributed by atoms with Crippen LogP contribution in [0.4, 0.5) is 0 Å². The van der Waals surface area contributed by atoms with Crippen LogP contribution in [0.15, 0.2) is 48.2 Å². The second kappa shape index (κ2) is 10.9. The lowest BCUT2D eigenvalue weighted by Gasteiger charge is -2.21. The molecule has 0 atom stereocenters. The van der Waals surface area contributed by atoms with Gasteiger partial charge in [0.1, 0.15) is 5.70 Å². The lowest BCUT2D eigenvalue weighted by molar-refractivity contribution is -0.127. The van der Waals surface area contributed by atoms with Gasteiger partial charge in [-0.25, -0.2) is 0 Å². The first-order valence-corrected chi connectivity index (χ1v) is 9.66. The van der Waals surface area contributed by atoms with E-state index < -0.39 is 0 Å². The van der Waals surface area contributed by atoms with E-state index in [9.17, 15) is 9.59 Å². The van der Waals surface area contributed by atoms with Crippen molar-refractivity contribution >= 4 is 17.9 Å². The molecular formula is C23H28N2O5. The van der Waals surface area contributed by atoms with Crippen LogP contribution in [0.5, 0.6) is 17.2 Å². The molecular weight excluding hydrogens is 384 g/mol. The summed E-state index contributed by atoms with van der Waals surface area (Å²) in [5, 5.41) is 2.75. The molecule has 2 amide bonds. The molecule has 0 spiro atoms. The van der Waals surface area contributed by atoms with Crippen molar-refractivity contribution in [3.8, 4) is 17.2 Å². The fourth-order valence-corrected chi connectivity index (χ4v) is 2.97. The Kier molecular flexibility index (Phi) is 8.29. The number of methoxy groups -OCH3 is 3. The van der Waals surface area contributed by atoms with Gasteiger partial charge in [0.2, 0.25) is 5.75 Å². The number of nitrogens with one attached hydrogen (secondary N) is 1. The Morgan fingerprint density at radius 1 is 0.933 bits per heavy atom. The highest BCUT2D eigenvalue weighted by Crippen LogP contribution is 2.38. The van der Waals surface area contributed by atoms with Crippen LogP contribution >= 0.6 is 0 Å². The number of nitrogens with zero attached hydrogens (tertiary/aromatic N) is 1. The summed E-state index contributed by atoms with van der Waals surface area (Å²) in [4.78, 5) is 27.4. The summed E-state index contributed by atoms with van der Waals surface area (Å²) < 4.78 is 16.1. The van der Waals surface area contributed by atoms with Gasteiger partial charge in [0, 0.05) is 18.7 Å². The Morgan fingerprint density at radius 2 is 1.50 bits per heavy atom. The van der Waals surface area contributed by atoms with Crippen LogP contribution in [0, 0.1) is 0 Å². The minimum atomic E-state index is -0.366. The summed E-state index contributed by atoms with van der Waals surface area (Å²) in [5.41, 5.74) is 1.23. The van der Waals surface area contributed by atoms with Crippen LogP contribution in [0.25, 0.3) is 6.08 Å². The van der Waals surface area contributed by atoms with Gasteiger partial charge in [0.05, 0.1) is 21.3 Å². The summed E-state index contributed by atoms with van der Waals surface area (Å²) in [6, 6.07) is 12.2. The van der Waals surface area contributed by atoms with E-state index in [1.165, 1.54) is 21.3 Å². The van der Waals surface area contributed by atoms with Crippen molar-refractivity contribution in [3.63, 3.8) is 0 Å². The number of carbonyl (C=O) groups is 2. The summed E-state index contributed by atoms with van der Waals surface area (Å²) in [6.07, 6.45) is 1.60. The molecule has 0 aromatic heterocycles. The first-order chi connectivity index (χ1) is 14.5. The van der Waals surface area contributed by atoms with E-state index in [4.69, 9.17) is 14.2 Å². The molecule has 160 valence electrons.